The van der Waals surface area contributed by atoms with E-state index in [1.807, 2.05) is 11.6 Å². The molecule has 0 radical (unpaired) electrons. The van der Waals surface area contributed by atoms with Crippen molar-refractivity contribution in [1.82, 2.24) is 4.98 Å². The highest BCUT2D eigenvalue weighted by Crippen LogP contribution is 2.55. The molecule has 24 heavy (non-hydrogen) atoms. The predicted octanol–water partition coefficient (Wildman–Crippen LogP) is 4.91. The second-order valence-corrected chi connectivity index (χ2v) is 8.43. The van der Waals surface area contributed by atoms with E-state index in [9.17, 15) is 4.79 Å². The third-order valence-corrected chi connectivity index (χ3v) is 6.31. The van der Waals surface area contributed by atoms with E-state index in [-0.39, 0.29) is 16.6 Å². The fourth-order valence-corrected chi connectivity index (χ4v) is 5.40. The summed E-state index contributed by atoms with van der Waals surface area (Å²) < 4.78 is 0. The highest BCUT2D eigenvalue weighted by Gasteiger charge is 2.50. The molecule has 1 aromatic heterocycles. The summed E-state index contributed by atoms with van der Waals surface area (Å²) in [5.41, 5.74) is 4.74. The molecule has 2 aliphatic rings. The van der Waals surface area contributed by atoms with Crippen LogP contribution in [0.1, 0.15) is 50.5 Å². The fraction of sp³-hybridized carbons (Fsp3) is 0.400. The van der Waals surface area contributed by atoms with E-state index in [0.717, 1.165) is 29.9 Å². The molecule has 1 aromatic carbocycles. The lowest BCUT2D eigenvalue weighted by molar-refractivity contribution is -0.118. The summed E-state index contributed by atoms with van der Waals surface area (Å²) in [7, 11) is 0. The van der Waals surface area contributed by atoms with Gasteiger partial charge in [-0.2, -0.15) is 0 Å². The summed E-state index contributed by atoms with van der Waals surface area (Å²) >= 11 is 1.65. The minimum Gasteiger partial charge on any atom is -0.342 e. The number of nitrogens with one attached hydrogen (secondary N) is 1. The van der Waals surface area contributed by atoms with Crippen molar-refractivity contribution in [2.24, 2.45) is 5.41 Å². The van der Waals surface area contributed by atoms with E-state index >= 15 is 0 Å². The van der Waals surface area contributed by atoms with Crippen LogP contribution < -0.4 is 5.32 Å². The van der Waals surface area contributed by atoms with Crippen molar-refractivity contribution in [3.8, 4) is 0 Å². The summed E-state index contributed by atoms with van der Waals surface area (Å²) in [6, 6.07) is 10.5. The molecule has 1 atom stereocenters. The van der Waals surface area contributed by atoms with Crippen molar-refractivity contribution in [3.63, 3.8) is 0 Å². The zero-order chi connectivity index (χ0) is 16.9. The van der Waals surface area contributed by atoms with Gasteiger partial charge in [-0.05, 0) is 23.8 Å². The minimum atomic E-state index is -0.369. The van der Waals surface area contributed by atoms with Crippen LogP contribution in [0, 0.1) is 5.41 Å². The van der Waals surface area contributed by atoms with Crippen LogP contribution in [0.5, 0.6) is 0 Å². The SMILES string of the molecule is CC[C@]1(c2ccccc2)C2=C(CC(C)(C)CC2=O)Nc2ncsc21. The maximum Gasteiger partial charge on any atom is 0.162 e. The van der Waals surface area contributed by atoms with E-state index in [1.165, 1.54) is 10.4 Å². The van der Waals surface area contributed by atoms with Crippen LogP contribution in [0.2, 0.25) is 0 Å². The minimum absolute atomic E-state index is 0.00733. The number of benzene rings is 1. The Morgan fingerprint density at radius 3 is 2.67 bits per heavy atom. The number of hydrogen-bond acceptors (Lipinski definition) is 4. The van der Waals surface area contributed by atoms with Gasteiger partial charge in [0.15, 0.2) is 5.78 Å². The highest BCUT2D eigenvalue weighted by molar-refractivity contribution is 7.10. The molecule has 3 nitrogen and oxygen atoms in total. The smallest absolute Gasteiger partial charge is 0.162 e. The van der Waals surface area contributed by atoms with Gasteiger partial charge in [-0.1, -0.05) is 51.1 Å². The molecule has 0 fully saturated rings. The molecule has 0 amide bonds. The number of carbonyl (C=O) groups excluding carboxylic acids is 1. The van der Waals surface area contributed by atoms with Crippen molar-refractivity contribution in [2.75, 3.05) is 5.32 Å². The number of aromatic nitrogens is 1. The zero-order valence-electron chi connectivity index (χ0n) is 14.3. The van der Waals surface area contributed by atoms with Crippen LogP contribution in [0.15, 0.2) is 47.1 Å². The number of hydrogen-bond donors (Lipinski definition) is 1. The normalized spacial score (nSPS) is 25.0. The van der Waals surface area contributed by atoms with Crippen LogP contribution >= 0.6 is 11.3 Å². The van der Waals surface area contributed by atoms with Crippen LogP contribution in [-0.4, -0.2) is 10.8 Å². The number of fused-ring (bicyclic) bond motifs is 1. The van der Waals surface area contributed by atoms with Gasteiger partial charge in [0.1, 0.15) is 5.82 Å². The van der Waals surface area contributed by atoms with Crippen molar-refractivity contribution in [3.05, 3.63) is 57.6 Å². The largest absolute Gasteiger partial charge is 0.342 e. The molecule has 0 spiro atoms. The first-order valence-electron chi connectivity index (χ1n) is 8.51. The van der Waals surface area contributed by atoms with Crippen LogP contribution in [0.4, 0.5) is 5.82 Å². The van der Waals surface area contributed by atoms with Crippen LogP contribution in [0.25, 0.3) is 0 Å². The summed E-state index contributed by atoms with van der Waals surface area (Å²) in [6.45, 7) is 6.52. The fourth-order valence-electron chi connectivity index (χ4n) is 4.36. The van der Waals surface area contributed by atoms with E-state index in [0.29, 0.717) is 6.42 Å². The first-order valence-corrected chi connectivity index (χ1v) is 9.39. The summed E-state index contributed by atoms with van der Waals surface area (Å²) in [6.07, 6.45) is 2.36. The standard InChI is InChI=1S/C20H22N2OS/c1-4-20(13-8-6-5-7-9-13)16-14(10-19(2,3)11-15(16)23)22-18-17(20)24-12-21-18/h5-9,12,22H,4,10-11H2,1-3H3/t20-/m0/s1. The number of nitrogens with zero attached hydrogens (tertiary/aromatic N) is 1. The molecule has 0 unspecified atom stereocenters. The Kier molecular flexibility index (Phi) is 3.43. The first-order chi connectivity index (χ1) is 11.5. The Morgan fingerprint density at radius 1 is 1.21 bits per heavy atom. The molecular weight excluding hydrogens is 316 g/mol. The number of Topliss-reactive ketones (excluding diaryl/α,β-unsaturated/α-hetero) is 1. The van der Waals surface area contributed by atoms with Gasteiger partial charge in [-0.15, -0.1) is 11.3 Å². The molecule has 1 N–H and O–H groups in total. The van der Waals surface area contributed by atoms with Gasteiger partial charge < -0.3 is 5.32 Å². The Hall–Kier alpha value is -1.94. The van der Waals surface area contributed by atoms with E-state index in [4.69, 9.17) is 0 Å². The van der Waals surface area contributed by atoms with Gasteiger partial charge in [-0.25, -0.2) is 4.98 Å². The highest BCUT2D eigenvalue weighted by atomic mass is 32.1. The summed E-state index contributed by atoms with van der Waals surface area (Å²) in [5.74, 6) is 1.20. The van der Waals surface area contributed by atoms with Crippen molar-refractivity contribution in [1.29, 1.82) is 0 Å². The number of carbonyl (C=O) groups is 1. The lowest BCUT2D eigenvalue weighted by Crippen LogP contribution is -2.42. The van der Waals surface area contributed by atoms with Crippen molar-refractivity contribution in [2.45, 2.75) is 45.4 Å². The average Bonchev–Trinajstić information content (AvgIpc) is 3.01. The van der Waals surface area contributed by atoms with Gasteiger partial charge in [0, 0.05) is 17.7 Å². The lowest BCUT2D eigenvalue weighted by atomic mass is 9.62. The number of rotatable bonds is 2. The predicted molar refractivity (Wildman–Crippen MR) is 98.3 cm³/mol. The summed E-state index contributed by atoms with van der Waals surface area (Å²) in [4.78, 5) is 18.9. The second-order valence-electron chi connectivity index (χ2n) is 7.57. The third-order valence-electron chi connectivity index (χ3n) is 5.32. The van der Waals surface area contributed by atoms with Crippen molar-refractivity contribution < 1.29 is 4.79 Å². The van der Waals surface area contributed by atoms with Crippen LogP contribution in [-0.2, 0) is 10.2 Å². The van der Waals surface area contributed by atoms with E-state index in [1.54, 1.807) is 11.3 Å². The molecule has 1 aliphatic carbocycles. The number of ketones is 1. The Bertz CT molecular complexity index is 834. The number of allylic oxidation sites excluding steroid dienone is 2. The molecule has 4 heteroatoms. The van der Waals surface area contributed by atoms with E-state index in [2.05, 4.69) is 55.3 Å². The molecule has 4 rings (SSSR count). The van der Waals surface area contributed by atoms with E-state index < -0.39 is 0 Å². The maximum atomic E-state index is 13.2. The Labute approximate surface area is 146 Å². The topological polar surface area (TPSA) is 42.0 Å². The average molecular weight is 338 g/mol. The zero-order valence-corrected chi connectivity index (χ0v) is 15.2. The monoisotopic (exact) mass is 338 g/mol. The van der Waals surface area contributed by atoms with Crippen molar-refractivity contribution >= 4 is 22.9 Å². The van der Waals surface area contributed by atoms with Gasteiger partial charge in [0.2, 0.25) is 0 Å². The molecule has 1 aliphatic heterocycles. The molecule has 0 bridgehead atoms. The molecule has 124 valence electrons. The molecule has 2 heterocycles. The molecule has 0 saturated carbocycles. The maximum absolute atomic E-state index is 13.2. The van der Waals surface area contributed by atoms with Gasteiger partial charge in [0.05, 0.1) is 15.8 Å². The van der Waals surface area contributed by atoms with Crippen LogP contribution in [0.3, 0.4) is 0 Å². The number of anilines is 1. The second kappa shape index (κ2) is 5.28. The van der Waals surface area contributed by atoms with Gasteiger partial charge in [0.25, 0.3) is 0 Å². The van der Waals surface area contributed by atoms with Gasteiger partial charge >= 0.3 is 0 Å². The Morgan fingerprint density at radius 2 is 1.96 bits per heavy atom. The third kappa shape index (κ3) is 2.09. The Balaban J connectivity index is 2.03. The molecular formula is C20H22N2OS. The first kappa shape index (κ1) is 15.6. The molecule has 2 aromatic rings. The number of thiazole rings is 1. The molecule has 0 saturated heterocycles. The summed E-state index contributed by atoms with van der Waals surface area (Å²) in [5, 5.41) is 3.48. The van der Waals surface area contributed by atoms with Gasteiger partial charge in [-0.3, -0.25) is 4.79 Å². The quantitative estimate of drug-likeness (QED) is 0.846. The lowest BCUT2D eigenvalue weighted by Gasteiger charge is -2.44.